The highest BCUT2D eigenvalue weighted by Crippen LogP contribution is 2.25. The Labute approximate surface area is 86.4 Å². The average molecular weight is 203 g/mol. The number of hydrogen-bond acceptors (Lipinski definition) is 4. The minimum absolute atomic E-state index is 0.135. The Hall–Kier alpha value is -2.09. The van der Waals surface area contributed by atoms with Crippen molar-refractivity contribution in [2.24, 2.45) is 0 Å². The lowest BCUT2D eigenvalue weighted by atomic mass is 10.0. The molecule has 5 nitrogen and oxygen atoms in total. The predicted molar refractivity (Wildman–Crippen MR) is 52.7 cm³/mol. The number of carbonyl (C=O) groups is 1. The first-order valence-electron chi connectivity index (χ1n) is 4.63. The van der Waals surface area contributed by atoms with Crippen molar-refractivity contribution < 1.29 is 9.90 Å². The van der Waals surface area contributed by atoms with Crippen LogP contribution in [0.4, 0.5) is 5.69 Å². The van der Waals surface area contributed by atoms with Crippen molar-refractivity contribution in [3.05, 3.63) is 23.0 Å². The number of nitriles is 1. The molecule has 1 aromatic rings. The molecule has 0 fully saturated rings. The summed E-state index contributed by atoms with van der Waals surface area (Å²) in [5.41, 5.74) is 1.54. The molecule has 0 saturated carbocycles. The quantitative estimate of drug-likeness (QED) is 0.711. The van der Waals surface area contributed by atoms with E-state index in [4.69, 9.17) is 10.4 Å². The van der Waals surface area contributed by atoms with Crippen LogP contribution in [-0.4, -0.2) is 22.6 Å². The summed E-state index contributed by atoms with van der Waals surface area (Å²) in [7, 11) is 0. The summed E-state index contributed by atoms with van der Waals surface area (Å²) in [5, 5.41) is 20.7. The topological polar surface area (TPSA) is 86.0 Å². The van der Waals surface area contributed by atoms with Crippen molar-refractivity contribution in [2.75, 3.05) is 11.9 Å². The van der Waals surface area contributed by atoms with Gasteiger partial charge in [-0.15, -0.1) is 0 Å². The number of aromatic carboxylic acids is 1. The molecule has 1 aliphatic rings. The molecule has 0 atom stereocenters. The van der Waals surface area contributed by atoms with Gasteiger partial charge in [-0.1, -0.05) is 0 Å². The van der Waals surface area contributed by atoms with Gasteiger partial charge < -0.3 is 10.4 Å². The Balaban J connectivity index is 2.62. The van der Waals surface area contributed by atoms with Gasteiger partial charge in [0.25, 0.3) is 0 Å². The maximum Gasteiger partial charge on any atom is 0.337 e. The fourth-order valence-electron chi connectivity index (χ4n) is 1.67. The molecule has 0 aliphatic carbocycles. The van der Waals surface area contributed by atoms with E-state index in [1.807, 2.05) is 6.07 Å². The number of anilines is 1. The molecular formula is C10H9N3O2. The molecule has 1 aliphatic heterocycles. The third kappa shape index (κ3) is 1.62. The smallest absolute Gasteiger partial charge is 0.337 e. The second-order valence-corrected chi connectivity index (χ2v) is 3.32. The SMILES string of the molecule is N#Cc1cc(C(=O)O)c2c(n1)CCCN2. The third-order valence-electron chi connectivity index (χ3n) is 2.33. The molecule has 0 spiro atoms. The van der Waals surface area contributed by atoms with E-state index < -0.39 is 5.97 Å². The number of aryl methyl sites for hydroxylation is 1. The van der Waals surface area contributed by atoms with Crippen LogP contribution < -0.4 is 5.32 Å². The number of pyridine rings is 1. The molecule has 15 heavy (non-hydrogen) atoms. The lowest BCUT2D eigenvalue weighted by Crippen LogP contribution is -2.17. The summed E-state index contributed by atoms with van der Waals surface area (Å²) in [6, 6.07) is 3.18. The highest BCUT2D eigenvalue weighted by atomic mass is 16.4. The van der Waals surface area contributed by atoms with Crippen molar-refractivity contribution in [1.82, 2.24) is 4.98 Å². The van der Waals surface area contributed by atoms with E-state index in [0.29, 0.717) is 11.4 Å². The van der Waals surface area contributed by atoms with Crippen LogP contribution in [0.5, 0.6) is 0 Å². The Morgan fingerprint density at radius 2 is 2.47 bits per heavy atom. The number of hydrogen-bond donors (Lipinski definition) is 2. The predicted octanol–water partition coefficient (Wildman–Crippen LogP) is 1.01. The van der Waals surface area contributed by atoms with Gasteiger partial charge in [-0.05, 0) is 18.9 Å². The fraction of sp³-hybridized carbons (Fsp3) is 0.300. The molecule has 0 radical (unpaired) electrons. The van der Waals surface area contributed by atoms with Gasteiger partial charge in [-0.2, -0.15) is 5.26 Å². The summed E-state index contributed by atoms with van der Waals surface area (Å²) in [6.07, 6.45) is 1.63. The molecule has 0 aromatic carbocycles. The number of aromatic nitrogens is 1. The largest absolute Gasteiger partial charge is 0.478 e. The van der Waals surface area contributed by atoms with Gasteiger partial charge in [0.1, 0.15) is 11.8 Å². The Kier molecular flexibility index (Phi) is 2.26. The summed E-state index contributed by atoms with van der Waals surface area (Å²) in [5.74, 6) is -1.03. The van der Waals surface area contributed by atoms with E-state index in [0.717, 1.165) is 19.4 Å². The monoisotopic (exact) mass is 203 g/mol. The van der Waals surface area contributed by atoms with Crippen molar-refractivity contribution in [3.63, 3.8) is 0 Å². The summed E-state index contributed by atoms with van der Waals surface area (Å²) >= 11 is 0. The highest BCUT2D eigenvalue weighted by Gasteiger charge is 2.19. The zero-order valence-corrected chi connectivity index (χ0v) is 7.95. The van der Waals surface area contributed by atoms with E-state index in [9.17, 15) is 4.79 Å². The second-order valence-electron chi connectivity index (χ2n) is 3.32. The molecule has 76 valence electrons. The number of carboxylic acids is 1. The molecule has 2 heterocycles. The second kappa shape index (κ2) is 3.58. The van der Waals surface area contributed by atoms with Crippen molar-refractivity contribution >= 4 is 11.7 Å². The van der Waals surface area contributed by atoms with Gasteiger partial charge in [0.05, 0.1) is 16.9 Å². The normalized spacial score (nSPS) is 13.5. The van der Waals surface area contributed by atoms with Crippen LogP contribution in [0.25, 0.3) is 0 Å². The van der Waals surface area contributed by atoms with Crippen LogP contribution in [0.3, 0.4) is 0 Å². The van der Waals surface area contributed by atoms with Crippen LogP contribution in [0.1, 0.15) is 28.2 Å². The van der Waals surface area contributed by atoms with Gasteiger partial charge in [0.15, 0.2) is 0 Å². The molecule has 0 amide bonds. The average Bonchev–Trinajstić information content (AvgIpc) is 2.27. The summed E-state index contributed by atoms with van der Waals surface area (Å²) in [4.78, 5) is 15.1. The molecule has 0 bridgehead atoms. The Morgan fingerprint density at radius 3 is 3.13 bits per heavy atom. The number of nitrogens with zero attached hydrogens (tertiary/aromatic N) is 2. The lowest BCUT2D eigenvalue weighted by Gasteiger charge is -2.18. The van der Waals surface area contributed by atoms with Gasteiger partial charge in [0.2, 0.25) is 0 Å². The number of rotatable bonds is 1. The van der Waals surface area contributed by atoms with Gasteiger partial charge in [-0.25, -0.2) is 9.78 Å². The molecule has 0 unspecified atom stereocenters. The van der Waals surface area contributed by atoms with E-state index >= 15 is 0 Å². The Morgan fingerprint density at radius 1 is 1.67 bits per heavy atom. The number of carboxylic acid groups (broad SMARTS) is 1. The van der Waals surface area contributed by atoms with Crippen molar-refractivity contribution in [1.29, 1.82) is 5.26 Å². The summed E-state index contributed by atoms with van der Waals surface area (Å²) in [6.45, 7) is 0.751. The first kappa shape index (κ1) is 9.46. The maximum atomic E-state index is 11.0. The van der Waals surface area contributed by atoms with Crippen LogP contribution in [0.2, 0.25) is 0 Å². The number of nitrogens with one attached hydrogen (secondary N) is 1. The van der Waals surface area contributed by atoms with Gasteiger partial charge in [-0.3, -0.25) is 0 Å². The minimum atomic E-state index is -1.03. The first-order valence-corrected chi connectivity index (χ1v) is 4.63. The molecular weight excluding hydrogens is 194 g/mol. The van der Waals surface area contributed by atoms with Crippen molar-refractivity contribution in [3.8, 4) is 6.07 Å². The Bertz CT molecular complexity index is 462. The molecule has 2 N–H and O–H groups in total. The van der Waals surface area contributed by atoms with Crippen LogP contribution >= 0.6 is 0 Å². The zero-order chi connectivity index (χ0) is 10.8. The summed E-state index contributed by atoms with van der Waals surface area (Å²) < 4.78 is 0. The molecule has 5 heteroatoms. The van der Waals surface area contributed by atoms with E-state index in [1.165, 1.54) is 6.07 Å². The lowest BCUT2D eigenvalue weighted by molar-refractivity contribution is 0.0697. The number of fused-ring (bicyclic) bond motifs is 1. The van der Waals surface area contributed by atoms with Gasteiger partial charge in [0, 0.05) is 6.54 Å². The zero-order valence-electron chi connectivity index (χ0n) is 7.95. The first-order chi connectivity index (χ1) is 7.22. The van der Waals surface area contributed by atoms with Crippen LogP contribution in [-0.2, 0) is 6.42 Å². The van der Waals surface area contributed by atoms with Crippen LogP contribution in [0.15, 0.2) is 6.07 Å². The standard InChI is InChI=1S/C10H9N3O2/c11-5-6-4-7(10(14)15)9-8(13-6)2-1-3-12-9/h4,12H,1-3H2,(H,14,15). The van der Waals surface area contributed by atoms with E-state index in [2.05, 4.69) is 10.3 Å². The fourth-order valence-corrected chi connectivity index (χ4v) is 1.67. The van der Waals surface area contributed by atoms with E-state index in [1.54, 1.807) is 0 Å². The molecule has 2 rings (SSSR count). The van der Waals surface area contributed by atoms with Crippen molar-refractivity contribution in [2.45, 2.75) is 12.8 Å². The molecule has 1 aromatic heterocycles. The van der Waals surface area contributed by atoms with Crippen LogP contribution in [0, 0.1) is 11.3 Å². The third-order valence-corrected chi connectivity index (χ3v) is 2.33. The highest BCUT2D eigenvalue weighted by molar-refractivity contribution is 5.95. The molecule has 0 saturated heterocycles. The van der Waals surface area contributed by atoms with E-state index in [-0.39, 0.29) is 11.3 Å². The minimum Gasteiger partial charge on any atom is -0.478 e. The van der Waals surface area contributed by atoms with Gasteiger partial charge >= 0.3 is 5.97 Å². The maximum absolute atomic E-state index is 11.0.